The molecule has 18 heavy (non-hydrogen) atoms. The van der Waals surface area contributed by atoms with Crippen LogP contribution in [0.15, 0.2) is 18.2 Å². The summed E-state index contributed by atoms with van der Waals surface area (Å²) < 4.78 is 13.3. The average Bonchev–Trinajstić information content (AvgIpc) is 2.84. The third kappa shape index (κ3) is 2.81. The van der Waals surface area contributed by atoms with Gasteiger partial charge >= 0.3 is 0 Å². The van der Waals surface area contributed by atoms with Gasteiger partial charge in [0.1, 0.15) is 10.8 Å². The molecule has 1 aromatic carbocycles. The first kappa shape index (κ1) is 12.5. The second-order valence-corrected chi connectivity index (χ2v) is 4.66. The Morgan fingerprint density at radius 2 is 2.22 bits per heavy atom. The van der Waals surface area contributed by atoms with Crippen LogP contribution in [0.25, 0.3) is 10.6 Å². The molecule has 2 aromatic rings. The number of benzene rings is 1. The van der Waals surface area contributed by atoms with Crippen molar-refractivity contribution >= 4 is 16.5 Å². The number of aromatic nitrogens is 2. The Hall–Kier alpha value is -2.00. The van der Waals surface area contributed by atoms with Gasteiger partial charge in [0.2, 0.25) is 5.13 Å². The molecule has 0 fully saturated rings. The lowest BCUT2D eigenvalue weighted by molar-refractivity contribution is 0.628. The van der Waals surface area contributed by atoms with Crippen molar-refractivity contribution in [3.05, 3.63) is 29.6 Å². The molecule has 0 aliphatic heterocycles. The van der Waals surface area contributed by atoms with Gasteiger partial charge in [0.25, 0.3) is 0 Å². The highest BCUT2D eigenvalue weighted by molar-refractivity contribution is 7.18. The van der Waals surface area contributed by atoms with Crippen molar-refractivity contribution in [1.82, 2.24) is 10.2 Å². The number of hydrogen-bond acceptors (Lipinski definition) is 5. The van der Waals surface area contributed by atoms with Gasteiger partial charge in [-0.3, -0.25) is 0 Å². The number of nitrogens with zero attached hydrogens (tertiary/aromatic N) is 3. The van der Waals surface area contributed by atoms with E-state index in [9.17, 15) is 4.39 Å². The van der Waals surface area contributed by atoms with Crippen LogP contribution in [0.1, 0.15) is 18.9 Å². The number of rotatable bonds is 4. The standard InChI is InChI=1S/C12H11FN4S/c1-2-3-15-12-17-16-11(18-12)9-4-8(7-14)5-10(13)6-9/h4-6H,2-3H2,1H3,(H,15,17). The summed E-state index contributed by atoms with van der Waals surface area (Å²) in [6.07, 6.45) is 0.994. The van der Waals surface area contributed by atoms with E-state index in [0.717, 1.165) is 13.0 Å². The van der Waals surface area contributed by atoms with E-state index in [-0.39, 0.29) is 5.56 Å². The zero-order valence-corrected chi connectivity index (χ0v) is 10.6. The Bertz CT molecular complexity index is 588. The van der Waals surface area contributed by atoms with Crippen molar-refractivity contribution in [2.45, 2.75) is 13.3 Å². The van der Waals surface area contributed by atoms with E-state index in [1.165, 1.54) is 23.5 Å². The number of hydrogen-bond donors (Lipinski definition) is 1. The highest BCUT2D eigenvalue weighted by Crippen LogP contribution is 2.27. The van der Waals surface area contributed by atoms with Crippen LogP contribution in [-0.2, 0) is 0 Å². The van der Waals surface area contributed by atoms with Gasteiger partial charge in [0.05, 0.1) is 11.6 Å². The summed E-state index contributed by atoms with van der Waals surface area (Å²) in [6, 6.07) is 6.07. The highest BCUT2D eigenvalue weighted by Gasteiger charge is 2.08. The normalized spacial score (nSPS) is 10.1. The van der Waals surface area contributed by atoms with Crippen LogP contribution in [0, 0.1) is 17.1 Å². The molecule has 1 heterocycles. The first-order valence-electron chi connectivity index (χ1n) is 5.51. The van der Waals surface area contributed by atoms with Gasteiger partial charge in [-0.15, -0.1) is 10.2 Å². The van der Waals surface area contributed by atoms with Crippen LogP contribution in [0.5, 0.6) is 0 Å². The first-order chi connectivity index (χ1) is 8.72. The molecule has 0 saturated heterocycles. The zero-order valence-electron chi connectivity index (χ0n) is 9.77. The van der Waals surface area contributed by atoms with Gasteiger partial charge in [-0.2, -0.15) is 5.26 Å². The van der Waals surface area contributed by atoms with Crippen molar-refractivity contribution in [1.29, 1.82) is 5.26 Å². The van der Waals surface area contributed by atoms with Crippen molar-refractivity contribution in [2.75, 3.05) is 11.9 Å². The maximum atomic E-state index is 13.3. The second-order valence-electron chi connectivity index (χ2n) is 3.68. The third-order valence-corrected chi connectivity index (χ3v) is 3.16. The highest BCUT2D eigenvalue weighted by atomic mass is 32.1. The van der Waals surface area contributed by atoms with Crippen LogP contribution >= 0.6 is 11.3 Å². The summed E-state index contributed by atoms with van der Waals surface area (Å²) in [5, 5.41) is 21.2. The van der Waals surface area contributed by atoms with Gasteiger partial charge in [-0.05, 0) is 24.6 Å². The lowest BCUT2D eigenvalue weighted by Gasteiger charge is -1.97. The molecule has 1 N–H and O–H groups in total. The molecule has 1 aromatic heterocycles. The van der Waals surface area contributed by atoms with Crippen molar-refractivity contribution in [3.8, 4) is 16.6 Å². The maximum absolute atomic E-state index is 13.3. The van der Waals surface area contributed by atoms with Crippen LogP contribution in [-0.4, -0.2) is 16.7 Å². The van der Waals surface area contributed by atoms with E-state index in [1.807, 2.05) is 6.07 Å². The van der Waals surface area contributed by atoms with Crippen molar-refractivity contribution in [2.24, 2.45) is 0 Å². The molecule has 0 aliphatic rings. The molecular formula is C12H11FN4S. The van der Waals surface area contributed by atoms with Crippen molar-refractivity contribution < 1.29 is 4.39 Å². The summed E-state index contributed by atoms with van der Waals surface area (Å²) >= 11 is 1.34. The Morgan fingerprint density at radius 1 is 1.39 bits per heavy atom. The summed E-state index contributed by atoms with van der Waals surface area (Å²) in [6.45, 7) is 2.88. The Kier molecular flexibility index (Phi) is 3.85. The summed E-state index contributed by atoms with van der Waals surface area (Å²) in [4.78, 5) is 0. The topological polar surface area (TPSA) is 61.6 Å². The van der Waals surface area contributed by atoms with Gasteiger partial charge in [0, 0.05) is 12.1 Å². The van der Waals surface area contributed by atoms with E-state index in [2.05, 4.69) is 22.4 Å². The molecule has 6 heteroatoms. The summed E-state index contributed by atoms with van der Waals surface area (Å²) in [5.74, 6) is -0.442. The third-order valence-electron chi connectivity index (χ3n) is 2.23. The molecule has 4 nitrogen and oxygen atoms in total. The van der Waals surface area contributed by atoms with E-state index >= 15 is 0 Å². The van der Waals surface area contributed by atoms with Gasteiger partial charge in [-0.1, -0.05) is 18.3 Å². The lowest BCUT2D eigenvalue weighted by atomic mass is 10.1. The smallest absolute Gasteiger partial charge is 0.206 e. The lowest BCUT2D eigenvalue weighted by Crippen LogP contribution is -1.98. The van der Waals surface area contributed by atoms with Crippen LogP contribution in [0.2, 0.25) is 0 Å². The fraction of sp³-hybridized carbons (Fsp3) is 0.250. The predicted octanol–water partition coefficient (Wildman–Crippen LogP) is 3.04. The molecule has 0 saturated carbocycles. The molecule has 2 rings (SSSR count). The van der Waals surface area contributed by atoms with E-state index in [4.69, 9.17) is 5.26 Å². The molecule has 0 spiro atoms. The van der Waals surface area contributed by atoms with Gasteiger partial charge in [-0.25, -0.2) is 4.39 Å². The van der Waals surface area contributed by atoms with E-state index in [1.54, 1.807) is 6.07 Å². The SMILES string of the molecule is CCCNc1nnc(-c2cc(F)cc(C#N)c2)s1. The second kappa shape index (κ2) is 5.56. The molecule has 0 bridgehead atoms. The molecule has 92 valence electrons. The van der Waals surface area contributed by atoms with E-state index in [0.29, 0.717) is 15.7 Å². The number of nitrogens with one attached hydrogen (secondary N) is 1. The van der Waals surface area contributed by atoms with Crippen molar-refractivity contribution in [3.63, 3.8) is 0 Å². The summed E-state index contributed by atoms with van der Waals surface area (Å²) in [5.41, 5.74) is 0.858. The molecule has 0 aliphatic carbocycles. The first-order valence-corrected chi connectivity index (χ1v) is 6.33. The number of halogens is 1. The monoisotopic (exact) mass is 262 g/mol. The van der Waals surface area contributed by atoms with Crippen LogP contribution in [0.4, 0.5) is 9.52 Å². The molecule has 0 unspecified atom stereocenters. The Labute approximate surface area is 108 Å². The van der Waals surface area contributed by atoms with Crippen LogP contribution in [0.3, 0.4) is 0 Å². The minimum absolute atomic E-state index is 0.281. The van der Waals surface area contributed by atoms with Crippen LogP contribution < -0.4 is 5.32 Å². The zero-order chi connectivity index (χ0) is 13.0. The van der Waals surface area contributed by atoms with Gasteiger partial charge < -0.3 is 5.32 Å². The Balaban J connectivity index is 2.28. The molecule has 0 amide bonds. The quantitative estimate of drug-likeness (QED) is 0.920. The Morgan fingerprint density at radius 3 is 2.94 bits per heavy atom. The van der Waals surface area contributed by atoms with E-state index < -0.39 is 5.82 Å². The fourth-order valence-electron chi connectivity index (χ4n) is 1.42. The molecule has 0 radical (unpaired) electrons. The molecular weight excluding hydrogens is 251 g/mol. The maximum Gasteiger partial charge on any atom is 0.206 e. The molecule has 0 atom stereocenters. The minimum Gasteiger partial charge on any atom is -0.360 e. The number of nitriles is 1. The fourth-order valence-corrected chi connectivity index (χ4v) is 2.18. The summed E-state index contributed by atoms with van der Waals surface area (Å²) in [7, 11) is 0. The number of anilines is 1. The largest absolute Gasteiger partial charge is 0.360 e. The minimum atomic E-state index is -0.442. The predicted molar refractivity (Wildman–Crippen MR) is 68.8 cm³/mol. The average molecular weight is 262 g/mol. The van der Waals surface area contributed by atoms with Gasteiger partial charge in [0.15, 0.2) is 0 Å².